The molecule has 0 unspecified atom stereocenters. The molecule has 0 spiro atoms. The van der Waals surface area contributed by atoms with Crippen molar-refractivity contribution in [3.8, 4) is 0 Å². The minimum atomic E-state index is -0.377. The van der Waals surface area contributed by atoms with Crippen LogP contribution in [0.5, 0.6) is 0 Å². The number of aromatic nitrogens is 5. The van der Waals surface area contributed by atoms with Gasteiger partial charge in [0.25, 0.3) is 5.56 Å². The lowest BCUT2D eigenvalue weighted by Crippen LogP contribution is -2.39. The predicted molar refractivity (Wildman–Crippen MR) is 94.7 cm³/mol. The van der Waals surface area contributed by atoms with Crippen LogP contribution in [0.1, 0.15) is 25.2 Å². The number of rotatable bonds is 4. The third-order valence-electron chi connectivity index (χ3n) is 4.49. The highest BCUT2D eigenvalue weighted by Gasteiger charge is 2.22. The van der Waals surface area contributed by atoms with Crippen molar-refractivity contribution in [2.24, 2.45) is 13.0 Å². The Labute approximate surface area is 139 Å². The summed E-state index contributed by atoms with van der Waals surface area (Å²) in [7, 11) is 1.64. The summed E-state index contributed by atoms with van der Waals surface area (Å²) in [5.41, 5.74) is 2.20. The Morgan fingerprint density at radius 2 is 1.83 bits per heavy atom. The number of allylic oxidation sites excluding steroid dienone is 1. The van der Waals surface area contributed by atoms with Crippen molar-refractivity contribution in [2.45, 2.75) is 40.8 Å². The standard InChI is InChI=1S/C17H23N5O2/c1-7-8-20-15(23)13-14(19(6)17(20)24)18-16-21(9-10(2)3)11(4)12(5)22(13)16/h7,10H,1,8-9H2,2-6H3. The maximum atomic E-state index is 12.9. The first kappa shape index (κ1) is 16.3. The van der Waals surface area contributed by atoms with Gasteiger partial charge in [-0.25, -0.2) is 4.79 Å². The van der Waals surface area contributed by atoms with Crippen LogP contribution < -0.4 is 11.2 Å². The number of fused-ring (bicyclic) bond motifs is 3. The van der Waals surface area contributed by atoms with Crippen LogP contribution in [-0.4, -0.2) is 23.1 Å². The second kappa shape index (κ2) is 5.51. The van der Waals surface area contributed by atoms with E-state index in [9.17, 15) is 9.59 Å². The van der Waals surface area contributed by atoms with E-state index in [1.807, 2.05) is 18.2 Å². The molecule has 0 aliphatic heterocycles. The lowest BCUT2D eigenvalue weighted by atomic mass is 10.2. The van der Waals surface area contributed by atoms with E-state index >= 15 is 0 Å². The molecule has 0 fully saturated rings. The highest BCUT2D eigenvalue weighted by atomic mass is 16.2. The van der Waals surface area contributed by atoms with Gasteiger partial charge in [-0.1, -0.05) is 19.9 Å². The number of nitrogens with zero attached hydrogens (tertiary/aromatic N) is 5. The fourth-order valence-electron chi connectivity index (χ4n) is 3.19. The van der Waals surface area contributed by atoms with E-state index in [2.05, 4.69) is 30.0 Å². The second-order valence-electron chi connectivity index (χ2n) is 6.64. The minimum Gasteiger partial charge on any atom is -0.314 e. The van der Waals surface area contributed by atoms with Crippen LogP contribution in [0.4, 0.5) is 0 Å². The Balaban J connectivity index is 2.54. The smallest absolute Gasteiger partial charge is 0.314 e. The fraction of sp³-hybridized carbons (Fsp3) is 0.471. The summed E-state index contributed by atoms with van der Waals surface area (Å²) in [6.45, 7) is 12.9. The highest BCUT2D eigenvalue weighted by Crippen LogP contribution is 2.21. The van der Waals surface area contributed by atoms with Crippen molar-refractivity contribution in [3.05, 3.63) is 44.9 Å². The van der Waals surface area contributed by atoms with Crippen molar-refractivity contribution < 1.29 is 0 Å². The molecular weight excluding hydrogens is 306 g/mol. The number of imidazole rings is 2. The molecule has 0 saturated heterocycles. The summed E-state index contributed by atoms with van der Waals surface area (Å²) >= 11 is 0. The molecule has 0 aliphatic rings. The second-order valence-corrected chi connectivity index (χ2v) is 6.64. The number of hydrogen-bond donors (Lipinski definition) is 0. The van der Waals surface area contributed by atoms with Crippen LogP contribution in [0.2, 0.25) is 0 Å². The maximum absolute atomic E-state index is 12.9. The number of aryl methyl sites for hydroxylation is 2. The third-order valence-corrected chi connectivity index (χ3v) is 4.49. The molecule has 0 aliphatic carbocycles. The summed E-state index contributed by atoms with van der Waals surface area (Å²) < 4.78 is 6.61. The Morgan fingerprint density at radius 1 is 1.17 bits per heavy atom. The SMILES string of the molecule is C=CCn1c(=O)c2c(nc3n(CC(C)C)c(C)c(C)n23)n(C)c1=O. The molecular formula is C17H23N5O2. The summed E-state index contributed by atoms with van der Waals surface area (Å²) in [6.07, 6.45) is 1.55. The molecule has 128 valence electrons. The van der Waals surface area contributed by atoms with Crippen molar-refractivity contribution in [1.82, 2.24) is 23.1 Å². The maximum Gasteiger partial charge on any atom is 0.332 e. The lowest BCUT2D eigenvalue weighted by Gasteiger charge is -2.09. The Kier molecular flexibility index (Phi) is 3.74. The van der Waals surface area contributed by atoms with Gasteiger partial charge < -0.3 is 4.57 Å². The molecule has 3 aromatic rings. The molecule has 3 heterocycles. The van der Waals surface area contributed by atoms with Gasteiger partial charge >= 0.3 is 5.69 Å². The summed E-state index contributed by atoms with van der Waals surface area (Å²) in [4.78, 5) is 29.9. The molecule has 0 atom stereocenters. The molecule has 24 heavy (non-hydrogen) atoms. The van der Waals surface area contributed by atoms with Crippen LogP contribution in [0.15, 0.2) is 22.2 Å². The topological polar surface area (TPSA) is 66.2 Å². The van der Waals surface area contributed by atoms with Crippen LogP contribution in [0, 0.1) is 19.8 Å². The van der Waals surface area contributed by atoms with Crippen molar-refractivity contribution >= 4 is 16.9 Å². The summed E-state index contributed by atoms with van der Waals surface area (Å²) in [5.74, 6) is 1.15. The van der Waals surface area contributed by atoms with E-state index in [4.69, 9.17) is 0 Å². The van der Waals surface area contributed by atoms with Gasteiger partial charge in [0.15, 0.2) is 11.2 Å². The first-order valence-electron chi connectivity index (χ1n) is 8.08. The van der Waals surface area contributed by atoms with Gasteiger partial charge in [0, 0.05) is 31.5 Å². The van der Waals surface area contributed by atoms with Crippen molar-refractivity contribution in [2.75, 3.05) is 0 Å². The Bertz CT molecular complexity index is 1070. The first-order chi connectivity index (χ1) is 11.3. The monoisotopic (exact) mass is 329 g/mol. The van der Waals surface area contributed by atoms with Crippen LogP contribution in [-0.2, 0) is 20.1 Å². The molecule has 7 nitrogen and oxygen atoms in total. The van der Waals surface area contributed by atoms with Crippen molar-refractivity contribution in [1.29, 1.82) is 0 Å². The predicted octanol–water partition coefficient (Wildman–Crippen LogP) is 1.61. The van der Waals surface area contributed by atoms with Gasteiger partial charge in [-0.05, 0) is 19.8 Å². The average molecular weight is 329 g/mol. The zero-order chi connectivity index (χ0) is 17.8. The van der Waals surface area contributed by atoms with E-state index < -0.39 is 0 Å². The molecule has 0 amide bonds. The molecule has 3 rings (SSSR count). The van der Waals surface area contributed by atoms with E-state index in [0.29, 0.717) is 22.9 Å². The van der Waals surface area contributed by atoms with E-state index in [-0.39, 0.29) is 17.8 Å². The zero-order valence-corrected chi connectivity index (χ0v) is 14.8. The van der Waals surface area contributed by atoms with E-state index in [1.54, 1.807) is 13.1 Å². The fourth-order valence-corrected chi connectivity index (χ4v) is 3.19. The summed E-state index contributed by atoms with van der Waals surface area (Å²) in [6, 6.07) is 0. The van der Waals surface area contributed by atoms with Gasteiger partial charge in [0.05, 0.1) is 0 Å². The Hall–Kier alpha value is -2.57. The zero-order valence-electron chi connectivity index (χ0n) is 14.8. The number of hydrogen-bond acceptors (Lipinski definition) is 3. The van der Waals surface area contributed by atoms with Crippen molar-refractivity contribution in [3.63, 3.8) is 0 Å². The normalized spacial score (nSPS) is 11.9. The Morgan fingerprint density at radius 3 is 2.42 bits per heavy atom. The van der Waals surface area contributed by atoms with Gasteiger partial charge in [0.1, 0.15) is 0 Å². The van der Waals surface area contributed by atoms with Crippen LogP contribution in [0.3, 0.4) is 0 Å². The van der Waals surface area contributed by atoms with Gasteiger partial charge in [-0.15, -0.1) is 6.58 Å². The lowest BCUT2D eigenvalue weighted by molar-refractivity contribution is 0.524. The van der Waals surface area contributed by atoms with Crippen LogP contribution in [0.25, 0.3) is 16.9 Å². The van der Waals surface area contributed by atoms with Gasteiger partial charge in [0.2, 0.25) is 5.78 Å². The molecule has 0 bridgehead atoms. The van der Waals surface area contributed by atoms with E-state index in [1.165, 1.54) is 9.13 Å². The molecule has 3 aromatic heterocycles. The van der Waals surface area contributed by atoms with Gasteiger partial charge in [-0.3, -0.25) is 18.3 Å². The van der Waals surface area contributed by atoms with Gasteiger partial charge in [-0.2, -0.15) is 4.98 Å². The third kappa shape index (κ3) is 2.07. The summed E-state index contributed by atoms with van der Waals surface area (Å²) in [5, 5.41) is 0. The molecule has 0 radical (unpaired) electrons. The minimum absolute atomic E-state index is 0.180. The molecule has 0 N–H and O–H groups in total. The molecule has 0 aromatic carbocycles. The molecule has 0 saturated carbocycles. The first-order valence-corrected chi connectivity index (χ1v) is 8.08. The molecule has 7 heteroatoms. The van der Waals surface area contributed by atoms with E-state index in [0.717, 1.165) is 17.9 Å². The van der Waals surface area contributed by atoms with Crippen LogP contribution >= 0.6 is 0 Å². The highest BCUT2D eigenvalue weighted by molar-refractivity contribution is 5.76. The average Bonchev–Trinajstić information content (AvgIpc) is 3.01. The largest absolute Gasteiger partial charge is 0.332 e. The quantitative estimate of drug-likeness (QED) is 0.683.